The molecule has 5 nitrogen and oxygen atoms in total. The number of carbonyl (C=O) groups is 1. The maximum absolute atomic E-state index is 14.6. The number of hydrogen-bond acceptors (Lipinski definition) is 3. The van der Waals surface area contributed by atoms with E-state index in [1.54, 1.807) is 26.0 Å². The summed E-state index contributed by atoms with van der Waals surface area (Å²) >= 11 is 0. The number of halogens is 1. The zero-order valence-electron chi connectivity index (χ0n) is 18.6. The molecule has 0 spiro atoms. The number of amides is 1. The first-order chi connectivity index (χ1) is 15.7. The molecule has 2 aliphatic heterocycles. The summed E-state index contributed by atoms with van der Waals surface area (Å²) in [5.41, 5.74) is 11.1. The van der Waals surface area contributed by atoms with Crippen LogP contribution in [0.15, 0.2) is 60.7 Å². The van der Waals surface area contributed by atoms with Gasteiger partial charge in [0, 0.05) is 23.6 Å². The van der Waals surface area contributed by atoms with Crippen LogP contribution in [0.2, 0.25) is 0 Å². The van der Waals surface area contributed by atoms with E-state index in [4.69, 9.17) is 15.9 Å². The van der Waals surface area contributed by atoms with Crippen LogP contribution < -0.4 is 11.1 Å². The summed E-state index contributed by atoms with van der Waals surface area (Å²) in [6.45, 7) is 4.07. The highest BCUT2D eigenvalue weighted by atomic mass is 19.1. The molecule has 1 aliphatic carbocycles. The Balaban J connectivity index is 1.38. The lowest BCUT2D eigenvalue weighted by Gasteiger charge is -2.41. The first-order valence-electron chi connectivity index (χ1n) is 11.0. The quantitative estimate of drug-likeness (QED) is 0.396. The van der Waals surface area contributed by atoms with Crippen LogP contribution in [-0.2, 0) is 17.0 Å². The summed E-state index contributed by atoms with van der Waals surface area (Å²) < 4.78 is 20.7. The van der Waals surface area contributed by atoms with Crippen LogP contribution in [0.25, 0.3) is 0 Å². The fourth-order valence-corrected chi connectivity index (χ4v) is 4.72. The molecule has 2 bridgehead atoms. The molecule has 0 radical (unpaired) electrons. The summed E-state index contributed by atoms with van der Waals surface area (Å²) in [6.07, 6.45) is -0.297. The number of amidine groups is 1. The summed E-state index contributed by atoms with van der Waals surface area (Å²) in [5, 5.41) is 10.4. The zero-order chi connectivity index (χ0) is 23.3. The first kappa shape index (κ1) is 21.3. The van der Waals surface area contributed by atoms with E-state index in [0.717, 1.165) is 16.7 Å². The smallest absolute Gasteiger partial charge is 0.251 e. The van der Waals surface area contributed by atoms with E-state index in [2.05, 4.69) is 5.32 Å². The minimum Gasteiger partial charge on any atom is -0.384 e. The van der Waals surface area contributed by atoms with Gasteiger partial charge in [0.25, 0.3) is 5.91 Å². The molecule has 3 aliphatic rings. The average Bonchev–Trinajstić information content (AvgIpc) is 2.82. The maximum atomic E-state index is 14.6. The second-order valence-corrected chi connectivity index (χ2v) is 9.22. The number of ether oxygens (including phenoxy) is 1. The van der Waals surface area contributed by atoms with E-state index in [1.807, 2.05) is 48.5 Å². The van der Waals surface area contributed by atoms with Gasteiger partial charge in [-0.1, -0.05) is 42.5 Å². The van der Waals surface area contributed by atoms with Crippen LogP contribution in [0.5, 0.6) is 0 Å². The van der Waals surface area contributed by atoms with E-state index in [9.17, 15) is 9.18 Å². The molecule has 1 amide bonds. The highest BCUT2D eigenvalue weighted by Gasteiger charge is 2.39. The van der Waals surface area contributed by atoms with Crippen molar-refractivity contribution < 1.29 is 13.9 Å². The number of carbonyl (C=O) groups excluding carboxylic acids is 1. The van der Waals surface area contributed by atoms with Crippen LogP contribution in [0, 0.1) is 5.41 Å². The van der Waals surface area contributed by atoms with Gasteiger partial charge in [0.2, 0.25) is 0 Å². The molecule has 2 atom stereocenters. The lowest BCUT2D eigenvalue weighted by Crippen LogP contribution is -2.31. The van der Waals surface area contributed by atoms with Crippen LogP contribution in [-0.4, -0.2) is 18.3 Å². The van der Waals surface area contributed by atoms with Crippen LogP contribution >= 0.6 is 0 Å². The van der Waals surface area contributed by atoms with E-state index < -0.39 is 5.67 Å². The van der Waals surface area contributed by atoms with E-state index in [-0.39, 0.29) is 23.8 Å². The zero-order valence-corrected chi connectivity index (χ0v) is 18.6. The summed E-state index contributed by atoms with van der Waals surface area (Å²) in [4.78, 5) is 12.9. The van der Waals surface area contributed by atoms with E-state index >= 15 is 0 Å². The van der Waals surface area contributed by atoms with Crippen molar-refractivity contribution in [2.75, 3.05) is 6.61 Å². The summed E-state index contributed by atoms with van der Waals surface area (Å²) in [5.74, 6) is -0.0673. The van der Waals surface area contributed by atoms with Gasteiger partial charge in [0.1, 0.15) is 17.6 Å². The molecule has 33 heavy (non-hydrogen) atoms. The number of hydrogen-bond donors (Lipinski definition) is 3. The molecule has 4 N–H and O–H groups in total. The highest BCUT2D eigenvalue weighted by Crippen LogP contribution is 2.49. The van der Waals surface area contributed by atoms with E-state index in [0.29, 0.717) is 29.8 Å². The fourth-order valence-electron chi connectivity index (χ4n) is 4.72. The van der Waals surface area contributed by atoms with Crippen LogP contribution in [0.1, 0.15) is 75.2 Å². The molecule has 0 unspecified atom stereocenters. The minimum absolute atomic E-state index is 0.0138. The highest BCUT2D eigenvalue weighted by molar-refractivity contribution is 5.95. The Morgan fingerprint density at radius 2 is 1.67 bits per heavy atom. The van der Waals surface area contributed by atoms with Gasteiger partial charge in [-0.3, -0.25) is 10.2 Å². The van der Waals surface area contributed by atoms with Crippen molar-refractivity contribution in [1.82, 2.24) is 5.32 Å². The third-order valence-electron chi connectivity index (χ3n) is 6.59. The lowest BCUT2D eigenvalue weighted by molar-refractivity contribution is 0.0447. The van der Waals surface area contributed by atoms with Crippen molar-refractivity contribution >= 4 is 11.7 Å². The van der Waals surface area contributed by atoms with Gasteiger partial charge in [-0.2, -0.15) is 0 Å². The normalized spacial score (nSPS) is 18.4. The predicted octanol–water partition coefficient (Wildman–Crippen LogP) is 4.67. The predicted molar refractivity (Wildman–Crippen MR) is 125 cm³/mol. The Morgan fingerprint density at radius 1 is 1.03 bits per heavy atom. The molecule has 0 saturated carbocycles. The number of benzene rings is 3. The molecule has 0 saturated heterocycles. The molecule has 168 valence electrons. The van der Waals surface area contributed by atoms with Gasteiger partial charge in [0.05, 0.1) is 6.61 Å². The minimum atomic E-state index is -1.43. The molecule has 3 aromatic carbocycles. The molecule has 2 heterocycles. The third-order valence-corrected chi connectivity index (χ3v) is 6.59. The summed E-state index contributed by atoms with van der Waals surface area (Å²) in [6, 6.07) is 18.8. The number of nitrogens with two attached hydrogens (primary N) is 1. The SMILES string of the molecule is CC(C)(F)c1ccc2c(c1)[C@H]1OC[C@@H]2c2ccc(C(=O)NCc3ccc(C(=N)N)cc3)cc21. The van der Waals surface area contributed by atoms with Crippen molar-refractivity contribution in [2.45, 2.75) is 38.1 Å². The van der Waals surface area contributed by atoms with Gasteiger partial charge in [0.15, 0.2) is 0 Å². The van der Waals surface area contributed by atoms with Gasteiger partial charge in [-0.05, 0) is 65.4 Å². The monoisotopic (exact) mass is 443 g/mol. The number of nitrogens with one attached hydrogen (secondary N) is 2. The third kappa shape index (κ3) is 3.80. The number of fused-ring (bicyclic) bond motifs is 1. The van der Waals surface area contributed by atoms with Crippen molar-refractivity contribution in [2.24, 2.45) is 5.73 Å². The maximum Gasteiger partial charge on any atom is 0.251 e. The molecular formula is C27H26FN3O2. The Morgan fingerprint density at radius 3 is 2.33 bits per heavy atom. The van der Waals surface area contributed by atoms with E-state index in [1.165, 1.54) is 11.1 Å². The second-order valence-electron chi connectivity index (χ2n) is 9.22. The van der Waals surface area contributed by atoms with Gasteiger partial charge >= 0.3 is 0 Å². The number of rotatable bonds is 5. The molecule has 6 heteroatoms. The molecule has 0 fully saturated rings. The van der Waals surface area contributed by atoms with Crippen molar-refractivity contribution in [1.29, 1.82) is 5.41 Å². The topological polar surface area (TPSA) is 88.2 Å². The second kappa shape index (κ2) is 7.81. The largest absolute Gasteiger partial charge is 0.384 e. The lowest BCUT2D eigenvalue weighted by atomic mass is 9.73. The van der Waals surface area contributed by atoms with Crippen LogP contribution in [0.3, 0.4) is 0 Å². The first-order valence-corrected chi connectivity index (χ1v) is 11.0. The fraction of sp³-hybridized carbons (Fsp3) is 0.259. The average molecular weight is 444 g/mol. The molecular weight excluding hydrogens is 417 g/mol. The Bertz CT molecular complexity index is 1260. The standard InChI is InChI=1S/C27H26FN3O2/c1-27(2,28)18-8-10-20-22(12-18)24-21-11-17(7-9-19(21)23(20)14-33-24)26(32)31-13-15-3-5-16(6-4-15)25(29)30/h3-12,23-24H,13-14H2,1-2H3,(H3,29,30)(H,31,32)/t23-,24+/m1/s1. The Hall–Kier alpha value is -3.51. The van der Waals surface area contributed by atoms with Crippen molar-refractivity contribution in [3.63, 3.8) is 0 Å². The number of nitrogen functional groups attached to an aromatic ring is 1. The molecule has 3 aromatic rings. The molecule has 6 rings (SSSR count). The Labute approximate surface area is 192 Å². The Kier molecular flexibility index (Phi) is 5.05. The summed E-state index contributed by atoms with van der Waals surface area (Å²) in [7, 11) is 0. The van der Waals surface area contributed by atoms with Gasteiger partial charge in [-0.25, -0.2) is 4.39 Å². The molecule has 0 aromatic heterocycles. The van der Waals surface area contributed by atoms with Gasteiger partial charge < -0.3 is 15.8 Å². The van der Waals surface area contributed by atoms with Crippen molar-refractivity contribution in [3.05, 3.63) is 105 Å². The van der Waals surface area contributed by atoms with Crippen molar-refractivity contribution in [3.8, 4) is 0 Å². The van der Waals surface area contributed by atoms with Crippen LogP contribution in [0.4, 0.5) is 4.39 Å². The van der Waals surface area contributed by atoms with Gasteiger partial charge in [-0.15, -0.1) is 0 Å². The number of alkyl halides is 1.